The van der Waals surface area contributed by atoms with Gasteiger partial charge in [0, 0.05) is 0 Å². The van der Waals surface area contributed by atoms with Gasteiger partial charge in [-0.2, -0.15) is 0 Å². The first-order valence-electron chi connectivity index (χ1n) is 2.43. The number of thiocarbonyl (C=S) groups is 2. The van der Waals surface area contributed by atoms with Gasteiger partial charge in [-0.15, -0.1) is 0 Å². The predicted molar refractivity (Wildman–Crippen MR) is 50.2 cm³/mol. The topological polar surface area (TPSA) is 92.5 Å². The first-order chi connectivity index (χ1) is 4.46. The van der Waals surface area contributed by atoms with E-state index in [1.165, 1.54) is 0 Å². The predicted octanol–water partition coefficient (Wildman–Crippen LogP) is 0.602. The van der Waals surface area contributed by atoms with Crippen molar-refractivity contribution in [3.8, 4) is 0 Å². The van der Waals surface area contributed by atoms with Crippen LogP contribution in [0.4, 0.5) is 0 Å². The van der Waals surface area contributed by atoms with Crippen molar-refractivity contribution in [2.45, 2.75) is 13.8 Å². The molecular weight excluding hydrogens is 172 g/mol. The molecule has 0 bridgehead atoms. The third kappa shape index (κ3) is 781. The largest absolute Gasteiger partial charge is 0.487 e. The van der Waals surface area contributed by atoms with Gasteiger partial charge in [0.05, 0.1) is 0 Å². The Balaban J connectivity index is -0.0000000787. The smallest absolute Gasteiger partial charge is 0.251 e. The minimum Gasteiger partial charge on any atom is -0.487 e. The quantitative estimate of drug-likeness (QED) is 0.412. The van der Waals surface area contributed by atoms with E-state index in [4.69, 9.17) is 10.2 Å². The van der Waals surface area contributed by atoms with Crippen LogP contribution in [-0.4, -0.2) is 20.6 Å². The second-order valence-corrected chi connectivity index (χ2v) is 1.51. The third-order valence-electron chi connectivity index (χ3n) is 0. The van der Waals surface area contributed by atoms with E-state index < -0.39 is 10.3 Å². The van der Waals surface area contributed by atoms with Crippen LogP contribution in [0.5, 0.6) is 0 Å². The number of nitrogens with two attached hydrogens (primary N) is 2. The Morgan fingerprint density at radius 1 is 1.00 bits per heavy atom. The first kappa shape index (κ1) is 16.2. The van der Waals surface area contributed by atoms with Crippen LogP contribution in [0.3, 0.4) is 0 Å². The van der Waals surface area contributed by atoms with Crippen molar-refractivity contribution >= 4 is 34.8 Å². The highest BCUT2D eigenvalue weighted by Crippen LogP contribution is 1.40. The van der Waals surface area contributed by atoms with Gasteiger partial charge in [-0.05, 0) is 24.4 Å². The Morgan fingerprint density at radius 3 is 1.00 bits per heavy atom. The van der Waals surface area contributed by atoms with Crippen molar-refractivity contribution in [3.63, 3.8) is 0 Å². The molecule has 0 atom stereocenters. The van der Waals surface area contributed by atoms with Gasteiger partial charge in [0.15, 0.2) is 0 Å². The monoisotopic (exact) mass is 184 g/mol. The molecule has 0 heterocycles. The summed E-state index contributed by atoms with van der Waals surface area (Å²) in [4.78, 5) is 0. The summed E-state index contributed by atoms with van der Waals surface area (Å²) in [6.45, 7) is 4.00. The normalized spacial score (nSPS) is 5.40. The SMILES string of the molecule is CC.NC(O)=S.NC(O)=S. The molecule has 0 aliphatic rings. The number of hydrogen-bond donors (Lipinski definition) is 4. The van der Waals surface area contributed by atoms with E-state index in [-0.39, 0.29) is 0 Å². The second kappa shape index (κ2) is 15.8. The maximum absolute atomic E-state index is 7.56. The van der Waals surface area contributed by atoms with Crippen LogP contribution in [0.2, 0.25) is 0 Å². The van der Waals surface area contributed by atoms with E-state index in [9.17, 15) is 0 Å². The minimum atomic E-state index is -0.500. The molecule has 0 saturated heterocycles. The van der Waals surface area contributed by atoms with Gasteiger partial charge >= 0.3 is 0 Å². The fourth-order valence-electron chi connectivity index (χ4n) is 0. The van der Waals surface area contributed by atoms with E-state index in [0.717, 1.165) is 0 Å². The van der Waals surface area contributed by atoms with Crippen molar-refractivity contribution in [1.82, 2.24) is 0 Å². The highest BCUT2D eigenvalue weighted by molar-refractivity contribution is 7.80. The average Bonchev–Trinajstić information content (AvgIpc) is 1.66. The molecule has 0 aliphatic heterocycles. The van der Waals surface area contributed by atoms with Crippen molar-refractivity contribution < 1.29 is 10.2 Å². The Hall–Kier alpha value is -0.620. The summed E-state index contributed by atoms with van der Waals surface area (Å²) in [5.74, 6) is 0. The second-order valence-electron chi connectivity index (χ2n) is 0.676. The number of aliphatic hydroxyl groups is 2. The Morgan fingerprint density at radius 2 is 1.00 bits per heavy atom. The van der Waals surface area contributed by atoms with Crippen LogP contribution in [0.1, 0.15) is 13.8 Å². The molecule has 0 rings (SSSR count). The molecule has 0 aromatic carbocycles. The first-order valence-corrected chi connectivity index (χ1v) is 3.25. The zero-order chi connectivity index (χ0) is 9.15. The van der Waals surface area contributed by atoms with Crippen molar-refractivity contribution in [2.24, 2.45) is 11.5 Å². The summed E-state index contributed by atoms with van der Waals surface area (Å²) in [5, 5.41) is 14.1. The molecule has 0 saturated carbocycles. The summed E-state index contributed by atoms with van der Waals surface area (Å²) in [5.41, 5.74) is 8.80. The highest BCUT2D eigenvalue weighted by Gasteiger charge is 1.57. The molecule has 6 N–H and O–H groups in total. The van der Waals surface area contributed by atoms with Gasteiger partial charge in [0.25, 0.3) is 10.3 Å². The van der Waals surface area contributed by atoms with Crippen molar-refractivity contribution in [2.75, 3.05) is 0 Å². The molecule has 0 aliphatic carbocycles. The minimum absolute atomic E-state index is 0.500. The molecule has 0 aromatic rings. The Kier molecular flexibility index (Phi) is 25.5. The summed E-state index contributed by atoms with van der Waals surface area (Å²) >= 11 is 7.74. The molecule has 0 radical (unpaired) electrons. The van der Waals surface area contributed by atoms with Crippen LogP contribution >= 0.6 is 24.4 Å². The van der Waals surface area contributed by atoms with Gasteiger partial charge in [-0.1, -0.05) is 13.8 Å². The fourth-order valence-corrected chi connectivity index (χ4v) is 0. The Labute approximate surface area is 70.8 Å². The van der Waals surface area contributed by atoms with Crippen LogP contribution in [-0.2, 0) is 0 Å². The maximum atomic E-state index is 7.56. The lowest BCUT2D eigenvalue weighted by atomic mass is 11.0. The lowest BCUT2D eigenvalue weighted by Gasteiger charge is -1.67. The zero-order valence-electron chi connectivity index (χ0n) is 5.87. The van der Waals surface area contributed by atoms with Crippen LogP contribution < -0.4 is 11.5 Å². The zero-order valence-corrected chi connectivity index (χ0v) is 7.50. The van der Waals surface area contributed by atoms with E-state index in [2.05, 4.69) is 35.9 Å². The summed E-state index contributed by atoms with van der Waals surface area (Å²) in [6.07, 6.45) is 0. The van der Waals surface area contributed by atoms with Crippen molar-refractivity contribution in [3.05, 3.63) is 0 Å². The van der Waals surface area contributed by atoms with Gasteiger partial charge in [-0.25, -0.2) is 0 Å². The summed E-state index contributed by atoms with van der Waals surface area (Å²) in [6, 6.07) is 0. The molecule has 4 nitrogen and oxygen atoms in total. The van der Waals surface area contributed by atoms with Gasteiger partial charge in [0.2, 0.25) is 0 Å². The van der Waals surface area contributed by atoms with Gasteiger partial charge in [0.1, 0.15) is 0 Å². The van der Waals surface area contributed by atoms with E-state index in [1.54, 1.807) is 0 Å². The molecule has 0 aromatic heterocycles. The highest BCUT2D eigenvalue weighted by atomic mass is 32.1. The maximum Gasteiger partial charge on any atom is 0.251 e. The number of hydrogen-bond acceptors (Lipinski definition) is 2. The number of aliphatic hydroxyl groups excluding tert-OH is 2. The van der Waals surface area contributed by atoms with Crippen LogP contribution in [0.15, 0.2) is 0 Å². The summed E-state index contributed by atoms with van der Waals surface area (Å²) < 4.78 is 0. The van der Waals surface area contributed by atoms with E-state index in [1.807, 2.05) is 13.8 Å². The molecule has 10 heavy (non-hydrogen) atoms. The van der Waals surface area contributed by atoms with Gasteiger partial charge < -0.3 is 21.7 Å². The van der Waals surface area contributed by atoms with E-state index in [0.29, 0.717) is 0 Å². The molecular formula is C4H12N2O2S2. The third-order valence-corrected chi connectivity index (χ3v) is 0. The Bertz CT molecular complexity index is 77.3. The molecule has 0 fully saturated rings. The number of rotatable bonds is 0. The van der Waals surface area contributed by atoms with Crippen LogP contribution in [0, 0.1) is 0 Å². The average molecular weight is 184 g/mol. The molecule has 0 spiro atoms. The standard InChI is InChI=1S/C2H6.2CH3NOS/c1-2;2*2-1(3)4/h1-2H3;2*(H3,2,3,4). The molecule has 6 heteroatoms. The van der Waals surface area contributed by atoms with Crippen LogP contribution in [0.25, 0.3) is 0 Å². The van der Waals surface area contributed by atoms with Gasteiger partial charge in [-0.3, -0.25) is 0 Å². The van der Waals surface area contributed by atoms with E-state index >= 15 is 0 Å². The fraction of sp³-hybridized carbons (Fsp3) is 0.500. The summed E-state index contributed by atoms with van der Waals surface area (Å²) in [7, 11) is 0. The lowest BCUT2D eigenvalue weighted by molar-refractivity contribution is 0.559. The molecule has 0 amide bonds. The molecule has 62 valence electrons. The lowest BCUT2D eigenvalue weighted by Crippen LogP contribution is -2.03. The molecule has 0 unspecified atom stereocenters. The van der Waals surface area contributed by atoms with Crippen molar-refractivity contribution in [1.29, 1.82) is 0 Å².